The van der Waals surface area contributed by atoms with Crippen LogP contribution in [0.2, 0.25) is 0 Å². The Morgan fingerprint density at radius 3 is 2.24 bits per heavy atom. The summed E-state index contributed by atoms with van der Waals surface area (Å²) in [5.41, 5.74) is 0. The second-order valence-corrected chi connectivity index (χ2v) is 12.5. The maximum absolute atomic E-state index is 13.5. The second-order valence-electron chi connectivity index (χ2n) is 10.1. The van der Waals surface area contributed by atoms with Crippen LogP contribution in [0.25, 0.3) is 0 Å². The number of urea groups is 1. The Morgan fingerprint density at radius 2 is 1.62 bits per heavy atom. The predicted octanol–water partition coefficient (Wildman–Crippen LogP) is 6.25. The van der Waals surface area contributed by atoms with E-state index >= 15 is 0 Å². The Kier molecular flexibility index (Phi) is 9.94. The van der Waals surface area contributed by atoms with Crippen LogP contribution in [0.15, 0.2) is 10.4 Å². The van der Waals surface area contributed by atoms with E-state index in [1.54, 1.807) is 6.20 Å². The summed E-state index contributed by atoms with van der Waals surface area (Å²) in [7, 11) is 0. The van der Waals surface area contributed by atoms with Gasteiger partial charge in [-0.15, -0.1) is 11.8 Å². The van der Waals surface area contributed by atoms with Crippen molar-refractivity contribution in [3.63, 3.8) is 0 Å². The van der Waals surface area contributed by atoms with Crippen LogP contribution in [0.5, 0.6) is 0 Å². The summed E-state index contributed by atoms with van der Waals surface area (Å²) in [6.07, 6.45) is 16.0. The number of thiazole rings is 1. The number of aromatic nitrogens is 1. The summed E-state index contributed by atoms with van der Waals surface area (Å²) in [5.74, 6) is 1.15. The molecule has 0 bridgehead atoms. The van der Waals surface area contributed by atoms with Crippen molar-refractivity contribution in [2.75, 3.05) is 24.3 Å². The molecule has 0 spiro atoms. The van der Waals surface area contributed by atoms with E-state index in [1.807, 2.05) is 0 Å². The number of hydrogen-bond acceptors (Lipinski definition) is 6. The van der Waals surface area contributed by atoms with E-state index in [2.05, 4.69) is 15.2 Å². The van der Waals surface area contributed by atoms with E-state index in [1.165, 1.54) is 61.6 Å². The third-order valence-electron chi connectivity index (χ3n) is 7.32. The van der Waals surface area contributed by atoms with Gasteiger partial charge in [0.1, 0.15) is 0 Å². The molecule has 34 heavy (non-hydrogen) atoms. The minimum Gasteiger partial charge on any atom is -0.481 e. The fraction of sp³-hybridized carbons (Fsp3) is 0.800. The molecule has 3 fully saturated rings. The monoisotopic (exact) mass is 509 g/mol. The molecule has 0 atom stereocenters. The highest BCUT2D eigenvalue weighted by Crippen LogP contribution is 2.35. The molecule has 2 N–H and O–H groups in total. The summed E-state index contributed by atoms with van der Waals surface area (Å²) in [6, 6.07) is 0.573. The highest BCUT2D eigenvalue weighted by Gasteiger charge is 2.34. The van der Waals surface area contributed by atoms with Crippen LogP contribution in [0.3, 0.4) is 0 Å². The van der Waals surface area contributed by atoms with Gasteiger partial charge in [-0.25, -0.2) is 9.78 Å². The van der Waals surface area contributed by atoms with E-state index in [4.69, 9.17) is 9.84 Å². The first-order valence-corrected chi connectivity index (χ1v) is 14.9. The van der Waals surface area contributed by atoms with Crippen molar-refractivity contribution >= 4 is 40.2 Å². The molecule has 190 valence electrons. The van der Waals surface area contributed by atoms with Gasteiger partial charge < -0.3 is 14.7 Å². The molecule has 0 unspecified atom stereocenters. The Balaban J connectivity index is 1.33. The number of carbonyl (C=O) groups is 2. The standard InChI is InChI=1S/C25H39N3O4S2/c29-22(30)13-14-33-23-15-26-24(34-23)27-25(31)28(20-5-3-1-2-4-6-20)21-11-9-19(10-12-21)17-32-16-18-7-8-18/h15,18-21H,1-14,16-17H2,(H,29,30)(H,26,27,31)/t19-,21-. The molecule has 0 saturated heterocycles. The number of aliphatic carboxylic acids is 1. The van der Waals surface area contributed by atoms with E-state index in [0.717, 1.165) is 61.9 Å². The summed E-state index contributed by atoms with van der Waals surface area (Å²) in [5, 5.41) is 12.5. The normalized spacial score (nSPS) is 23.9. The number of thioether (sulfide) groups is 1. The van der Waals surface area contributed by atoms with Gasteiger partial charge in [0.15, 0.2) is 5.13 Å². The summed E-state index contributed by atoms with van der Waals surface area (Å²) in [4.78, 5) is 30.8. The lowest BCUT2D eigenvalue weighted by molar-refractivity contribution is -0.136. The number of ether oxygens (including phenoxy) is 1. The number of nitrogens with one attached hydrogen (secondary N) is 1. The molecule has 2 amide bonds. The fourth-order valence-electron chi connectivity index (χ4n) is 5.22. The third kappa shape index (κ3) is 8.12. The molecule has 4 rings (SSSR count). The highest BCUT2D eigenvalue weighted by atomic mass is 32.2. The van der Waals surface area contributed by atoms with Crippen molar-refractivity contribution < 1.29 is 19.4 Å². The lowest BCUT2D eigenvalue weighted by atomic mass is 9.85. The first-order valence-electron chi connectivity index (χ1n) is 13.1. The van der Waals surface area contributed by atoms with E-state index < -0.39 is 5.97 Å². The lowest BCUT2D eigenvalue weighted by Gasteiger charge is -2.41. The van der Waals surface area contributed by atoms with E-state index in [9.17, 15) is 9.59 Å². The van der Waals surface area contributed by atoms with Crippen LogP contribution >= 0.6 is 23.1 Å². The molecule has 0 radical (unpaired) electrons. The minimum absolute atomic E-state index is 0.0169. The molecular formula is C25H39N3O4S2. The van der Waals surface area contributed by atoms with Crippen LogP contribution in [0.1, 0.15) is 83.5 Å². The molecule has 0 aliphatic heterocycles. The third-order valence-corrected chi connectivity index (χ3v) is 9.43. The molecule has 0 aromatic carbocycles. The molecule has 1 aromatic rings. The zero-order chi connectivity index (χ0) is 23.8. The predicted molar refractivity (Wildman–Crippen MR) is 137 cm³/mol. The van der Waals surface area contributed by atoms with Crippen molar-refractivity contribution in [3.8, 4) is 0 Å². The smallest absolute Gasteiger partial charge is 0.324 e. The maximum atomic E-state index is 13.5. The van der Waals surface area contributed by atoms with E-state index in [0.29, 0.717) is 22.8 Å². The van der Waals surface area contributed by atoms with Gasteiger partial charge in [0.2, 0.25) is 0 Å². The van der Waals surface area contributed by atoms with Gasteiger partial charge in [0, 0.05) is 31.1 Å². The van der Waals surface area contributed by atoms with Gasteiger partial charge in [-0.3, -0.25) is 10.1 Å². The molecule has 9 heteroatoms. The van der Waals surface area contributed by atoms with Crippen molar-refractivity contribution in [2.45, 2.75) is 99.8 Å². The molecule has 7 nitrogen and oxygen atoms in total. The Morgan fingerprint density at radius 1 is 1.00 bits per heavy atom. The van der Waals surface area contributed by atoms with Gasteiger partial charge in [0.05, 0.1) is 16.8 Å². The first kappa shape index (κ1) is 25.8. The van der Waals surface area contributed by atoms with Crippen LogP contribution in [-0.4, -0.2) is 58.0 Å². The zero-order valence-electron chi connectivity index (χ0n) is 20.1. The van der Waals surface area contributed by atoms with Crippen molar-refractivity contribution in [3.05, 3.63) is 6.20 Å². The Labute approximate surface area is 211 Å². The highest BCUT2D eigenvalue weighted by molar-refractivity contribution is 8.01. The van der Waals surface area contributed by atoms with Crippen molar-refractivity contribution in [2.24, 2.45) is 11.8 Å². The molecular weight excluding hydrogens is 470 g/mol. The average Bonchev–Trinajstić information content (AvgIpc) is 3.59. The van der Waals surface area contributed by atoms with Crippen LogP contribution in [-0.2, 0) is 9.53 Å². The average molecular weight is 510 g/mol. The number of carbonyl (C=O) groups excluding carboxylic acids is 1. The van der Waals surface area contributed by atoms with E-state index in [-0.39, 0.29) is 18.5 Å². The summed E-state index contributed by atoms with van der Waals surface area (Å²) >= 11 is 2.90. The Hall–Kier alpha value is -1.32. The van der Waals surface area contributed by atoms with Crippen molar-refractivity contribution in [1.29, 1.82) is 0 Å². The van der Waals surface area contributed by atoms with Crippen LogP contribution < -0.4 is 5.32 Å². The van der Waals surface area contributed by atoms with Gasteiger partial charge in [-0.2, -0.15) is 0 Å². The van der Waals surface area contributed by atoms with Gasteiger partial charge >= 0.3 is 12.0 Å². The molecule has 3 aliphatic carbocycles. The molecule has 1 heterocycles. The number of hydrogen-bond donors (Lipinski definition) is 2. The fourth-order valence-corrected chi connectivity index (χ4v) is 7.09. The topological polar surface area (TPSA) is 91.8 Å². The number of rotatable bonds is 11. The van der Waals surface area contributed by atoms with Crippen LogP contribution in [0.4, 0.5) is 9.93 Å². The number of nitrogens with zero attached hydrogens (tertiary/aromatic N) is 2. The zero-order valence-corrected chi connectivity index (χ0v) is 21.7. The van der Waals surface area contributed by atoms with Gasteiger partial charge in [0.25, 0.3) is 0 Å². The number of carboxylic acid groups (broad SMARTS) is 1. The van der Waals surface area contributed by atoms with Crippen molar-refractivity contribution in [1.82, 2.24) is 9.88 Å². The first-order chi connectivity index (χ1) is 16.6. The number of amides is 2. The molecule has 3 aliphatic rings. The van der Waals surface area contributed by atoms with Gasteiger partial charge in [-0.05, 0) is 63.2 Å². The second kappa shape index (κ2) is 13.1. The Bertz CT molecular complexity index is 785. The summed E-state index contributed by atoms with van der Waals surface area (Å²) in [6.45, 7) is 1.81. The maximum Gasteiger partial charge on any atom is 0.324 e. The molecule has 1 aromatic heterocycles. The number of carboxylic acids is 1. The lowest BCUT2D eigenvalue weighted by Crippen LogP contribution is -2.50. The van der Waals surface area contributed by atoms with Gasteiger partial charge in [-0.1, -0.05) is 37.0 Å². The largest absolute Gasteiger partial charge is 0.481 e. The quantitative estimate of drug-likeness (QED) is 0.270. The minimum atomic E-state index is -0.797. The molecule has 3 saturated carbocycles. The summed E-state index contributed by atoms with van der Waals surface area (Å²) < 4.78 is 6.90. The van der Waals surface area contributed by atoms with Crippen LogP contribution in [0, 0.1) is 11.8 Å². The SMILES string of the molecule is O=C(O)CCSc1cnc(NC(=O)N(C2CCCCCC2)[C@H]2CC[C@H](COCC3CC3)CC2)s1. The number of anilines is 1.